The summed E-state index contributed by atoms with van der Waals surface area (Å²) in [6.07, 6.45) is 1.73. The van der Waals surface area contributed by atoms with E-state index in [0.29, 0.717) is 41.6 Å². The zero-order valence-electron chi connectivity index (χ0n) is 17.1. The molecule has 0 atom stereocenters. The van der Waals surface area contributed by atoms with E-state index in [4.69, 9.17) is 27.9 Å². The smallest absolute Gasteiger partial charge is 0.269 e. The molecule has 1 aliphatic rings. The number of nitro benzene ring substituents is 1. The summed E-state index contributed by atoms with van der Waals surface area (Å²) in [5.41, 5.74) is 1.92. The summed E-state index contributed by atoms with van der Waals surface area (Å²) in [6, 6.07) is 16.7. The fourth-order valence-corrected chi connectivity index (χ4v) is 4.65. The Morgan fingerprint density at radius 1 is 1.15 bits per heavy atom. The Kier molecular flexibility index (Phi) is 7.57. The number of carbonyl (C=O) groups excluding carboxylic acids is 1. The Hall–Kier alpha value is -2.85. The van der Waals surface area contributed by atoms with Gasteiger partial charge in [-0.1, -0.05) is 47.5 Å². The molecule has 0 bridgehead atoms. The van der Waals surface area contributed by atoms with Crippen LogP contribution >= 0.6 is 50.9 Å². The first-order valence-electron chi connectivity index (χ1n) is 9.69. The fourth-order valence-electron chi connectivity index (χ4n) is 2.96. The summed E-state index contributed by atoms with van der Waals surface area (Å²) >= 11 is 16.9. The third kappa shape index (κ3) is 5.79. The maximum Gasteiger partial charge on any atom is 0.269 e. The van der Waals surface area contributed by atoms with Crippen LogP contribution in [-0.4, -0.2) is 16.0 Å². The Balaban J connectivity index is 1.46. The molecule has 0 saturated carbocycles. The number of carbonyl (C=O) groups is 1. The van der Waals surface area contributed by atoms with Gasteiger partial charge in [0.1, 0.15) is 12.4 Å². The molecule has 0 aromatic heterocycles. The number of nitrogens with one attached hydrogen (secondary N) is 1. The quantitative estimate of drug-likeness (QED) is 0.191. The van der Waals surface area contributed by atoms with E-state index >= 15 is 0 Å². The topological polar surface area (TPSA) is 93.8 Å². The van der Waals surface area contributed by atoms with Crippen LogP contribution in [0, 0.1) is 10.1 Å². The average Bonchev–Trinajstić information content (AvgIpc) is 3.15. The molecular weight excluding hydrogens is 565 g/mol. The van der Waals surface area contributed by atoms with Crippen LogP contribution in [0.4, 0.5) is 11.4 Å². The number of amides is 1. The van der Waals surface area contributed by atoms with Crippen molar-refractivity contribution >= 4 is 79.4 Å². The number of nitrogens with zero attached hydrogens (tertiary/aromatic N) is 2. The van der Waals surface area contributed by atoms with Gasteiger partial charge in [-0.05, 0) is 69.2 Å². The lowest BCUT2D eigenvalue weighted by molar-refractivity contribution is -0.384. The van der Waals surface area contributed by atoms with Gasteiger partial charge in [0.05, 0.1) is 30.0 Å². The molecule has 172 valence electrons. The number of benzene rings is 3. The molecule has 1 heterocycles. The Bertz CT molecular complexity index is 1360. The van der Waals surface area contributed by atoms with Crippen LogP contribution in [0.1, 0.15) is 11.1 Å². The summed E-state index contributed by atoms with van der Waals surface area (Å²) in [5.74, 6) is 0.291. The normalized spacial score (nSPS) is 15.6. The number of nitro groups is 1. The first kappa shape index (κ1) is 24.3. The van der Waals surface area contributed by atoms with Crippen LogP contribution in [0.15, 0.2) is 75.0 Å². The second-order valence-electron chi connectivity index (χ2n) is 6.96. The molecule has 1 fully saturated rings. The van der Waals surface area contributed by atoms with Gasteiger partial charge in [-0.15, -0.1) is 0 Å². The standard InChI is InChI=1S/C23H14BrCl2N3O4S/c24-16-10-13(7-8-19(16)33-12-14-3-1-4-15(9-14)29(31)32)11-20-22(30)28-23(34-20)27-18-6-2-5-17(25)21(18)26/h1-11H,12H2,(H,27,28,30)/b20-11-. The highest BCUT2D eigenvalue weighted by atomic mass is 79.9. The first-order chi connectivity index (χ1) is 16.3. The highest BCUT2D eigenvalue weighted by molar-refractivity contribution is 9.10. The van der Waals surface area contributed by atoms with Gasteiger partial charge < -0.3 is 10.1 Å². The largest absolute Gasteiger partial charge is 0.488 e. The molecule has 1 aliphatic heterocycles. The minimum absolute atomic E-state index is 0.00928. The second-order valence-corrected chi connectivity index (χ2v) is 9.63. The number of amidine groups is 1. The number of hydrogen-bond donors (Lipinski definition) is 1. The van der Waals surface area contributed by atoms with Crippen molar-refractivity contribution in [1.29, 1.82) is 0 Å². The van der Waals surface area contributed by atoms with Crippen molar-refractivity contribution in [2.24, 2.45) is 4.99 Å². The van der Waals surface area contributed by atoms with Crippen LogP contribution in [0.2, 0.25) is 10.0 Å². The lowest BCUT2D eigenvalue weighted by Crippen LogP contribution is -2.19. The Labute approximate surface area is 217 Å². The maximum absolute atomic E-state index is 12.4. The van der Waals surface area contributed by atoms with Crippen LogP contribution in [-0.2, 0) is 11.4 Å². The van der Waals surface area contributed by atoms with Crippen molar-refractivity contribution in [2.75, 3.05) is 0 Å². The lowest BCUT2D eigenvalue weighted by atomic mass is 10.2. The zero-order valence-corrected chi connectivity index (χ0v) is 21.0. The molecule has 11 heteroatoms. The minimum atomic E-state index is -0.446. The van der Waals surface area contributed by atoms with E-state index in [2.05, 4.69) is 26.2 Å². The molecule has 1 amide bonds. The molecule has 4 rings (SSSR count). The summed E-state index contributed by atoms with van der Waals surface area (Å²) in [7, 11) is 0. The molecule has 7 nitrogen and oxygen atoms in total. The van der Waals surface area contributed by atoms with Crippen LogP contribution in [0.5, 0.6) is 5.75 Å². The van der Waals surface area contributed by atoms with Crippen molar-refractivity contribution in [3.05, 3.63) is 101 Å². The van der Waals surface area contributed by atoms with Crippen molar-refractivity contribution in [3.8, 4) is 5.75 Å². The Morgan fingerprint density at radius 3 is 2.71 bits per heavy atom. The molecule has 1 saturated heterocycles. The van der Waals surface area contributed by atoms with E-state index in [1.807, 2.05) is 6.07 Å². The summed E-state index contributed by atoms with van der Waals surface area (Å²) < 4.78 is 6.47. The third-order valence-electron chi connectivity index (χ3n) is 4.57. The minimum Gasteiger partial charge on any atom is -0.488 e. The summed E-state index contributed by atoms with van der Waals surface area (Å²) in [6.45, 7) is 0.171. The van der Waals surface area contributed by atoms with Gasteiger partial charge in [0, 0.05) is 12.1 Å². The molecule has 0 radical (unpaired) electrons. The van der Waals surface area contributed by atoms with E-state index in [0.717, 1.165) is 5.56 Å². The predicted molar refractivity (Wildman–Crippen MR) is 139 cm³/mol. The van der Waals surface area contributed by atoms with Gasteiger partial charge in [-0.3, -0.25) is 14.9 Å². The number of aliphatic imine (C=N–C) groups is 1. The maximum atomic E-state index is 12.4. The number of hydrogen-bond acceptors (Lipinski definition) is 6. The zero-order chi connectivity index (χ0) is 24.2. The fraction of sp³-hybridized carbons (Fsp3) is 0.0435. The van der Waals surface area contributed by atoms with Crippen molar-refractivity contribution in [1.82, 2.24) is 5.32 Å². The van der Waals surface area contributed by atoms with E-state index < -0.39 is 4.92 Å². The molecule has 0 spiro atoms. The molecule has 1 N–H and O–H groups in total. The highest BCUT2D eigenvalue weighted by Gasteiger charge is 2.24. The first-order valence-corrected chi connectivity index (χ1v) is 12.1. The molecule has 3 aromatic rings. The van der Waals surface area contributed by atoms with Gasteiger partial charge in [0.25, 0.3) is 11.6 Å². The number of rotatable bonds is 6. The number of thioether (sulfide) groups is 1. The van der Waals surface area contributed by atoms with Gasteiger partial charge in [0.2, 0.25) is 0 Å². The highest BCUT2D eigenvalue weighted by Crippen LogP contribution is 2.35. The van der Waals surface area contributed by atoms with Gasteiger partial charge >= 0.3 is 0 Å². The van der Waals surface area contributed by atoms with Crippen LogP contribution < -0.4 is 10.1 Å². The van der Waals surface area contributed by atoms with Crippen molar-refractivity contribution < 1.29 is 14.5 Å². The molecular formula is C23H14BrCl2N3O4S. The van der Waals surface area contributed by atoms with Crippen molar-refractivity contribution in [3.63, 3.8) is 0 Å². The number of ether oxygens (including phenoxy) is 1. The second kappa shape index (κ2) is 10.6. The van der Waals surface area contributed by atoms with Crippen molar-refractivity contribution in [2.45, 2.75) is 6.61 Å². The average molecular weight is 579 g/mol. The summed E-state index contributed by atoms with van der Waals surface area (Å²) in [4.78, 5) is 27.7. The van der Waals surface area contributed by atoms with Gasteiger partial charge in [0.15, 0.2) is 5.17 Å². The van der Waals surface area contributed by atoms with Gasteiger partial charge in [-0.25, -0.2) is 4.99 Å². The lowest BCUT2D eigenvalue weighted by Gasteiger charge is -2.09. The Morgan fingerprint density at radius 2 is 1.94 bits per heavy atom. The predicted octanol–water partition coefficient (Wildman–Crippen LogP) is 7.13. The summed E-state index contributed by atoms with van der Waals surface area (Å²) in [5, 5.41) is 14.7. The molecule has 3 aromatic carbocycles. The van der Waals surface area contributed by atoms with E-state index in [-0.39, 0.29) is 18.2 Å². The third-order valence-corrected chi connectivity index (χ3v) is 6.91. The molecule has 0 aliphatic carbocycles. The van der Waals surface area contributed by atoms with E-state index in [1.165, 1.54) is 23.9 Å². The van der Waals surface area contributed by atoms with E-state index in [1.54, 1.807) is 48.5 Å². The van der Waals surface area contributed by atoms with E-state index in [9.17, 15) is 14.9 Å². The molecule has 0 unspecified atom stereocenters. The van der Waals surface area contributed by atoms with Crippen LogP contribution in [0.25, 0.3) is 6.08 Å². The van der Waals surface area contributed by atoms with Gasteiger partial charge in [-0.2, -0.15) is 0 Å². The van der Waals surface area contributed by atoms with Crippen LogP contribution in [0.3, 0.4) is 0 Å². The number of halogens is 3. The molecule has 34 heavy (non-hydrogen) atoms. The number of non-ortho nitro benzene ring substituents is 1. The SMILES string of the molecule is O=C1NC(=Nc2cccc(Cl)c2Cl)S/C1=C\c1ccc(OCc2cccc([N+](=O)[O-])c2)c(Br)c1. The monoisotopic (exact) mass is 577 g/mol.